The third kappa shape index (κ3) is 1.59. The lowest BCUT2D eigenvalue weighted by molar-refractivity contribution is 0.0193. The zero-order chi connectivity index (χ0) is 12.7. The number of amides is 2. The van der Waals surface area contributed by atoms with Gasteiger partial charge in [0.2, 0.25) is 0 Å². The number of hydrogen-bond donors (Lipinski definition) is 1. The first-order valence-corrected chi connectivity index (χ1v) is 6.03. The zero-order valence-electron chi connectivity index (χ0n) is 9.89. The molecule has 94 valence electrons. The third-order valence-corrected chi connectivity index (χ3v) is 3.44. The molecule has 0 saturated carbocycles. The van der Waals surface area contributed by atoms with E-state index in [1.807, 2.05) is 0 Å². The SMILES string of the molecule is Nc1ccc2c(c1)C(=O)N(C1CCCOC1)C2=O. The summed E-state index contributed by atoms with van der Waals surface area (Å²) in [6.45, 7) is 1.13. The molecule has 2 heterocycles. The maximum absolute atomic E-state index is 12.3. The number of carbonyl (C=O) groups is 2. The second kappa shape index (κ2) is 4.10. The summed E-state index contributed by atoms with van der Waals surface area (Å²) >= 11 is 0. The van der Waals surface area contributed by atoms with Crippen molar-refractivity contribution >= 4 is 17.5 Å². The molecule has 1 atom stereocenters. The van der Waals surface area contributed by atoms with E-state index >= 15 is 0 Å². The monoisotopic (exact) mass is 246 g/mol. The van der Waals surface area contributed by atoms with Crippen LogP contribution in [0.3, 0.4) is 0 Å². The molecule has 0 radical (unpaired) electrons. The summed E-state index contributed by atoms with van der Waals surface area (Å²) in [5.41, 5.74) is 7.00. The van der Waals surface area contributed by atoms with Gasteiger partial charge in [0, 0.05) is 12.3 Å². The molecule has 3 rings (SSSR count). The van der Waals surface area contributed by atoms with Gasteiger partial charge in [-0.15, -0.1) is 0 Å². The number of hydrogen-bond acceptors (Lipinski definition) is 4. The molecule has 1 unspecified atom stereocenters. The molecular formula is C13H14N2O3. The van der Waals surface area contributed by atoms with Crippen molar-refractivity contribution in [3.8, 4) is 0 Å². The highest BCUT2D eigenvalue weighted by atomic mass is 16.5. The summed E-state index contributed by atoms with van der Waals surface area (Å²) in [4.78, 5) is 25.8. The van der Waals surface area contributed by atoms with E-state index in [4.69, 9.17) is 10.5 Å². The smallest absolute Gasteiger partial charge is 0.261 e. The summed E-state index contributed by atoms with van der Waals surface area (Å²) < 4.78 is 5.34. The molecule has 0 aromatic heterocycles. The first kappa shape index (κ1) is 11.2. The highest BCUT2D eigenvalue weighted by Gasteiger charge is 2.40. The van der Waals surface area contributed by atoms with Crippen molar-refractivity contribution in [2.75, 3.05) is 18.9 Å². The second-order valence-electron chi connectivity index (χ2n) is 4.66. The Hall–Kier alpha value is -1.88. The Bertz CT molecular complexity index is 521. The van der Waals surface area contributed by atoms with Gasteiger partial charge in [-0.25, -0.2) is 0 Å². The summed E-state index contributed by atoms with van der Waals surface area (Å²) in [7, 11) is 0. The van der Waals surface area contributed by atoms with Crippen LogP contribution in [0, 0.1) is 0 Å². The Morgan fingerprint density at radius 2 is 2.00 bits per heavy atom. The molecule has 1 fully saturated rings. The van der Waals surface area contributed by atoms with E-state index in [1.54, 1.807) is 18.2 Å². The van der Waals surface area contributed by atoms with Crippen LogP contribution in [0.1, 0.15) is 33.6 Å². The molecule has 0 aliphatic carbocycles. The topological polar surface area (TPSA) is 72.6 Å². The van der Waals surface area contributed by atoms with Gasteiger partial charge in [-0.1, -0.05) is 0 Å². The van der Waals surface area contributed by atoms with E-state index in [-0.39, 0.29) is 17.9 Å². The van der Waals surface area contributed by atoms with Gasteiger partial charge in [-0.2, -0.15) is 0 Å². The average molecular weight is 246 g/mol. The normalized spacial score (nSPS) is 23.3. The summed E-state index contributed by atoms with van der Waals surface area (Å²) in [6, 6.07) is 4.69. The first-order chi connectivity index (χ1) is 8.68. The molecule has 1 aromatic carbocycles. The molecule has 0 bridgehead atoms. The molecule has 5 nitrogen and oxygen atoms in total. The number of ether oxygens (including phenoxy) is 1. The van der Waals surface area contributed by atoms with E-state index in [1.165, 1.54) is 4.90 Å². The molecule has 1 aromatic rings. The van der Waals surface area contributed by atoms with Gasteiger partial charge in [0.1, 0.15) is 0 Å². The van der Waals surface area contributed by atoms with Crippen LogP contribution in [-0.4, -0.2) is 36.0 Å². The summed E-state index contributed by atoms with van der Waals surface area (Å²) in [6.07, 6.45) is 1.68. The van der Waals surface area contributed by atoms with E-state index in [0.717, 1.165) is 12.8 Å². The van der Waals surface area contributed by atoms with Crippen LogP contribution in [0.4, 0.5) is 5.69 Å². The number of nitrogen functional groups attached to an aromatic ring is 1. The lowest BCUT2D eigenvalue weighted by Crippen LogP contribution is -2.44. The van der Waals surface area contributed by atoms with Crippen LogP contribution < -0.4 is 5.73 Å². The number of anilines is 1. The fourth-order valence-electron chi connectivity index (χ4n) is 2.54. The number of imide groups is 1. The first-order valence-electron chi connectivity index (χ1n) is 6.03. The summed E-state index contributed by atoms with van der Waals surface area (Å²) in [5, 5.41) is 0. The predicted molar refractivity (Wildman–Crippen MR) is 65.2 cm³/mol. The van der Waals surface area contributed by atoms with Crippen molar-refractivity contribution in [1.29, 1.82) is 0 Å². The highest BCUT2D eigenvalue weighted by Crippen LogP contribution is 2.28. The number of fused-ring (bicyclic) bond motifs is 1. The van der Waals surface area contributed by atoms with Crippen LogP contribution in [0.5, 0.6) is 0 Å². The van der Waals surface area contributed by atoms with Gasteiger partial charge < -0.3 is 10.5 Å². The molecule has 5 heteroatoms. The summed E-state index contributed by atoms with van der Waals surface area (Å²) in [5.74, 6) is -0.483. The molecule has 2 aliphatic heterocycles. The van der Waals surface area contributed by atoms with Crippen molar-refractivity contribution < 1.29 is 14.3 Å². The van der Waals surface area contributed by atoms with Gasteiger partial charge in [-0.3, -0.25) is 14.5 Å². The van der Waals surface area contributed by atoms with Crippen molar-refractivity contribution in [3.63, 3.8) is 0 Å². The van der Waals surface area contributed by atoms with Crippen LogP contribution in [0.25, 0.3) is 0 Å². The lowest BCUT2D eigenvalue weighted by atomic mass is 10.1. The Balaban J connectivity index is 1.96. The molecule has 0 spiro atoms. The van der Waals surface area contributed by atoms with Gasteiger partial charge in [-0.05, 0) is 31.0 Å². The molecule has 2 N–H and O–H groups in total. The third-order valence-electron chi connectivity index (χ3n) is 3.44. The second-order valence-corrected chi connectivity index (χ2v) is 4.66. The number of benzene rings is 1. The Labute approximate surface area is 105 Å². The van der Waals surface area contributed by atoms with E-state index in [2.05, 4.69) is 0 Å². The van der Waals surface area contributed by atoms with Crippen molar-refractivity contribution in [1.82, 2.24) is 4.90 Å². The minimum absolute atomic E-state index is 0.146. The maximum Gasteiger partial charge on any atom is 0.261 e. The van der Waals surface area contributed by atoms with Gasteiger partial charge in [0.15, 0.2) is 0 Å². The quantitative estimate of drug-likeness (QED) is 0.593. The Morgan fingerprint density at radius 3 is 2.72 bits per heavy atom. The van der Waals surface area contributed by atoms with Gasteiger partial charge >= 0.3 is 0 Å². The fourth-order valence-corrected chi connectivity index (χ4v) is 2.54. The zero-order valence-corrected chi connectivity index (χ0v) is 9.89. The molecule has 18 heavy (non-hydrogen) atoms. The molecule has 2 amide bonds. The maximum atomic E-state index is 12.3. The molecule has 2 aliphatic rings. The number of carbonyl (C=O) groups excluding carboxylic acids is 2. The van der Waals surface area contributed by atoms with Crippen LogP contribution in [0.2, 0.25) is 0 Å². The number of rotatable bonds is 1. The van der Waals surface area contributed by atoms with E-state index in [0.29, 0.717) is 30.0 Å². The minimum atomic E-state index is -0.252. The van der Waals surface area contributed by atoms with Gasteiger partial charge in [0.05, 0.1) is 23.8 Å². The van der Waals surface area contributed by atoms with Crippen LogP contribution >= 0.6 is 0 Å². The Kier molecular flexibility index (Phi) is 2.56. The van der Waals surface area contributed by atoms with Crippen LogP contribution in [0.15, 0.2) is 18.2 Å². The molecule has 1 saturated heterocycles. The van der Waals surface area contributed by atoms with E-state index < -0.39 is 0 Å². The van der Waals surface area contributed by atoms with Crippen molar-refractivity contribution in [2.45, 2.75) is 18.9 Å². The minimum Gasteiger partial charge on any atom is -0.399 e. The predicted octanol–water partition coefficient (Wildman–Crippen LogP) is 1.04. The average Bonchev–Trinajstić information content (AvgIpc) is 2.63. The Morgan fingerprint density at radius 1 is 1.22 bits per heavy atom. The number of nitrogens with two attached hydrogens (primary N) is 1. The van der Waals surface area contributed by atoms with Crippen molar-refractivity contribution in [3.05, 3.63) is 29.3 Å². The van der Waals surface area contributed by atoms with Gasteiger partial charge in [0.25, 0.3) is 11.8 Å². The lowest BCUT2D eigenvalue weighted by Gasteiger charge is -2.29. The largest absolute Gasteiger partial charge is 0.399 e. The van der Waals surface area contributed by atoms with Crippen LogP contribution in [-0.2, 0) is 4.74 Å². The number of nitrogens with zero attached hydrogens (tertiary/aromatic N) is 1. The van der Waals surface area contributed by atoms with E-state index in [9.17, 15) is 9.59 Å². The molecular weight excluding hydrogens is 232 g/mol. The van der Waals surface area contributed by atoms with Crippen molar-refractivity contribution in [2.24, 2.45) is 0 Å². The standard InChI is InChI=1S/C13H14N2O3/c14-8-3-4-10-11(6-8)13(17)15(12(10)16)9-2-1-5-18-7-9/h3-4,6,9H,1-2,5,7,14H2. The highest BCUT2D eigenvalue weighted by molar-refractivity contribution is 6.21. The fraction of sp³-hybridized carbons (Fsp3) is 0.385.